The van der Waals surface area contributed by atoms with Crippen LogP contribution in [0.1, 0.15) is 11.3 Å². The third-order valence-electron chi connectivity index (χ3n) is 2.43. The number of nitrogens with one attached hydrogen (secondary N) is 1. The molecule has 0 fully saturated rings. The quantitative estimate of drug-likeness (QED) is 0.858. The highest BCUT2D eigenvalue weighted by atomic mass is 79.9. The van der Waals surface area contributed by atoms with E-state index in [2.05, 4.69) is 31.2 Å². The van der Waals surface area contributed by atoms with E-state index in [0.29, 0.717) is 5.95 Å². The minimum Gasteiger partial charge on any atom is -0.324 e. The molecule has 2 aromatic rings. The van der Waals surface area contributed by atoms with E-state index in [-0.39, 0.29) is 5.82 Å². The maximum atomic E-state index is 12.7. The summed E-state index contributed by atoms with van der Waals surface area (Å²) in [5, 5.41) is 3.02. The van der Waals surface area contributed by atoms with Crippen molar-refractivity contribution in [1.29, 1.82) is 0 Å². The van der Waals surface area contributed by atoms with Crippen molar-refractivity contribution in [2.24, 2.45) is 0 Å². The van der Waals surface area contributed by atoms with E-state index in [4.69, 9.17) is 0 Å². The van der Waals surface area contributed by atoms with Crippen LogP contribution in [0.2, 0.25) is 0 Å². The Morgan fingerprint density at radius 3 is 2.35 bits per heavy atom. The molecule has 0 aliphatic carbocycles. The van der Waals surface area contributed by atoms with Gasteiger partial charge < -0.3 is 5.32 Å². The van der Waals surface area contributed by atoms with Gasteiger partial charge in [0.05, 0.1) is 0 Å². The topological polar surface area (TPSA) is 37.8 Å². The third-order valence-corrected chi connectivity index (χ3v) is 3.20. The zero-order valence-electron chi connectivity index (χ0n) is 9.46. The Labute approximate surface area is 107 Å². The van der Waals surface area contributed by atoms with Crippen molar-refractivity contribution in [3.8, 4) is 0 Å². The fourth-order valence-electron chi connectivity index (χ4n) is 1.31. The maximum absolute atomic E-state index is 12.7. The Morgan fingerprint density at radius 1 is 1.12 bits per heavy atom. The summed E-state index contributed by atoms with van der Waals surface area (Å²) in [7, 11) is 0. The summed E-state index contributed by atoms with van der Waals surface area (Å²) in [4.78, 5) is 8.56. The highest BCUT2D eigenvalue weighted by Gasteiger charge is 2.05. The first-order chi connectivity index (χ1) is 8.06. The molecule has 0 saturated carbocycles. The first-order valence-electron chi connectivity index (χ1n) is 5.09. The van der Waals surface area contributed by atoms with E-state index in [1.807, 2.05) is 13.8 Å². The largest absolute Gasteiger partial charge is 0.324 e. The van der Waals surface area contributed by atoms with Crippen molar-refractivity contribution in [2.75, 3.05) is 5.32 Å². The molecule has 0 aliphatic heterocycles. The molecule has 1 aromatic carbocycles. The molecule has 0 spiro atoms. The molecule has 1 heterocycles. The number of aromatic nitrogens is 2. The van der Waals surface area contributed by atoms with Gasteiger partial charge in [-0.3, -0.25) is 0 Å². The smallest absolute Gasteiger partial charge is 0.228 e. The van der Waals surface area contributed by atoms with Crippen LogP contribution in [0, 0.1) is 19.7 Å². The number of rotatable bonds is 2. The highest BCUT2D eigenvalue weighted by molar-refractivity contribution is 9.10. The molecule has 1 aromatic heterocycles. The van der Waals surface area contributed by atoms with Gasteiger partial charge in [-0.15, -0.1) is 0 Å². The van der Waals surface area contributed by atoms with Crippen LogP contribution < -0.4 is 5.32 Å². The predicted octanol–water partition coefficient (Wildman–Crippen LogP) is 3.74. The number of benzene rings is 1. The van der Waals surface area contributed by atoms with Crippen LogP contribution in [-0.4, -0.2) is 9.97 Å². The Morgan fingerprint density at radius 2 is 1.76 bits per heavy atom. The van der Waals surface area contributed by atoms with Gasteiger partial charge >= 0.3 is 0 Å². The molecular weight excluding hydrogens is 285 g/mol. The lowest BCUT2D eigenvalue weighted by Gasteiger charge is -2.08. The lowest BCUT2D eigenvalue weighted by atomic mass is 10.3. The van der Waals surface area contributed by atoms with Crippen molar-refractivity contribution < 1.29 is 4.39 Å². The number of aryl methyl sites for hydroxylation is 1. The van der Waals surface area contributed by atoms with Crippen LogP contribution in [0.4, 0.5) is 16.0 Å². The summed E-state index contributed by atoms with van der Waals surface area (Å²) in [5.41, 5.74) is 2.66. The summed E-state index contributed by atoms with van der Waals surface area (Å²) in [5.74, 6) is 0.226. The first kappa shape index (κ1) is 12.0. The molecule has 0 bridgehead atoms. The molecule has 0 amide bonds. The van der Waals surface area contributed by atoms with Gasteiger partial charge in [0, 0.05) is 16.9 Å². The zero-order chi connectivity index (χ0) is 12.4. The Kier molecular flexibility index (Phi) is 3.38. The number of halogens is 2. The van der Waals surface area contributed by atoms with E-state index in [1.54, 1.807) is 12.1 Å². The lowest BCUT2D eigenvalue weighted by molar-refractivity contribution is 0.628. The number of nitrogens with zero attached hydrogens (tertiary/aromatic N) is 2. The molecule has 1 N–H and O–H groups in total. The van der Waals surface area contributed by atoms with Gasteiger partial charge in [0.15, 0.2) is 0 Å². The second-order valence-corrected chi connectivity index (χ2v) is 4.43. The van der Waals surface area contributed by atoms with Gasteiger partial charge in [-0.2, -0.15) is 0 Å². The molecule has 3 nitrogen and oxygen atoms in total. The number of anilines is 2. The van der Waals surface area contributed by atoms with E-state index in [9.17, 15) is 4.39 Å². The first-order valence-corrected chi connectivity index (χ1v) is 5.89. The minimum absolute atomic E-state index is 0.266. The molecule has 0 aliphatic rings. The summed E-state index contributed by atoms with van der Waals surface area (Å²) < 4.78 is 13.5. The Bertz CT molecular complexity index is 517. The molecule has 0 unspecified atom stereocenters. The van der Waals surface area contributed by atoms with Crippen LogP contribution in [-0.2, 0) is 0 Å². The summed E-state index contributed by atoms with van der Waals surface area (Å²) in [6.45, 7) is 3.86. The summed E-state index contributed by atoms with van der Waals surface area (Å²) in [6.07, 6.45) is 0. The summed E-state index contributed by atoms with van der Waals surface area (Å²) >= 11 is 3.37. The van der Waals surface area contributed by atoms with E-state index < -0.39 is 0 Å². The minimum atomic E-state index is -0.266. The van der Waals surface area contributed by atoms with Gasteiger partial charge in [0.25, 0.3) is 0 Å². The normalized spacial score (nSPS) is 10.4. The molecule has 0 atom stereocenters. The maximum Gasteiger partial charge on any atom is 0.228 e. The standard InChI is InChI=1S/C12H11BrFN3/c1-7-8(2)15-12(17-11(7)13)16-10-5-3-9(14)4-6-10/h3-6H,1-2H3,(H,15,16,17). The molecule has 0 radical (unpaired) electrons. The van der Waals surface area contributed by atoms with Crippen LogP contribution in [0.3, 0.4) is 0 Å². The Balaban J connectivity index is 2.27. The predicted molar refractivity (Wildman–Crippen MR) is 68.9 cm³/mol. The van der Waals surface area contributed by atoms with Crippen LogP contribution in [0.5, 0.6) is 0 Å². The average molecular weight is 296 g/mol. The highest BCUT2D eigenvalue weighted by Crippen LogP contribution is 2.20. The molecule has 0 saturated heterocycles. The molecule has 17 heavy (non-hydrogen) atoms. The Hall–Kier alpha value is -1.49. The SMILES string of the molecule is Cc1nc(Nc2ccc(F)cc2)nc(Br)c1C. The zero-order valence-corrected chi connectivity index (χ0v) is 11.0. The van der Waals surface area contributed by atoms with E-state index in [0.717, 1.165) is 21.5 Å². The fourth-order valence-corrected chi connectivity index (χ4v) is 1.77. The van der Waals surface area contributed by atoms with Gasteiger partial charge in [-0.25, -0.2) is 14.4 Å². The van der Waals surface area contributed by atoms with Crippen LogP contribution in [0.25, 0.3) is 0 Å². The van der Waals surface area contributed by atoms with Crippen molar-refractivity contribution in [3.63, 3.8) is 0 Å². The molecule has 2 rings (SSSR count). The van der Waals surface area contributed by atoms with Gasteiger partial charge in [-0.1, -0.05) is 0 Å². The van der Waals surface area contributed by atoms with Gasteiger partial charge in [0.1, 0.15) is 10.4 Å². The number of hydrogen-bond acceptors (Lipinski definition) is 3. The summed E-state index contributed by atoms with van der Waals surface area (Å²) in [6, 6.07) is 6.06. The van der Waals surface area contributed by atoms with Gasteiger partial charge in [0.2, 0.25) is 5.95 Å². The second-order valence-electron chi connectivity index (χ2n) is 3.68. The van der Waals surface area contributed by atoms with E-state index in [1.165, 1.54) is 12.1 Å². The van der Waals surface area contributed by atoms with Gasteiger partial charge in [-0.05, 0) is 54.0 Å². The van der Waals surface area contributed by atoms with E-state index >= 15 is 0 Å². The van der Waals surface area contributed by atoms with Crippen molar-refractivity contribution >= 4 is 27.6 Å². The molecule has 88 valence electrons. The average Bonchev–Trinajstić information content (AvgIpc) is 2.29. The second kappa shape index (κ2) is 4.79. The van der Waals surface area contributed by atoms with Crippen molar-refractivity contribution in [2.45, 2.75) is 13.8 Å². The van der Waals surface area contributed by atoms with Crippen molar-refractivity contribution in [1.82, 2.24) is 9.97 Å². The third kappa shape index (κ3) is 2.79. The number of hydrogen-bond donors (Lipinski definition) is 1. The fraction of sp³-hybridized carbons (Fsp3) is 0.167. The lowest BCUT2D eigenvalue weighted by Crippen LogP contribution is -2.01. The molecule has 5 heteroatoms. The monoisotopic (exact) mass is 295 g/mol. The van der Waals surface area contributed by atoms with Crippen LogP contribution in [0.15, 0.2) is 28.9 Å². The van der Waals surface area contributed by atoms with Crippen molar-refractivity contribution in [3.05, 3.63) is 45.9 Å². The van der Waals surface area contributed by atoms with Crippen LogP contribution >= 0.6 is 15.9 Å². The molecular formula is C12H11BrFN3.